The van der Waals surface area contributed by atoms with Gasteiger partial charge in [-0.25, -0.2) is 0 Å². The van der Waals surface area contributed by atoms with Crippen molar-refractivity contribution in [1.29, 1.82) is 0 Å². The molecule has 0 heterocycles. The average Bonchev–Trinajstić information content (AvgIpc) is 3.66. The third-order valence-electron chi connectivity index (χ3n) is 11.4. The molecule has 0 aromatic heterocycles. The van der Waals surface area contributed by atoms with Gasteiger partial charge in [-0.1, -0.05) is 72.0 Å². The van der Waals surface area contributed by atoms with Gasteiger partial charge in [0, 0.05) is 36.0 Å². The predicted molar refractivity (Wildman–Crippen MR) is 145 cm³/mol. The van der Waals surface area contributed by atoms with Crippen molar-refractivity contribution in [2.45, 2.75) is 116 Å². The van der Waals surface area contributed by atoms with Gasteiger partial charge in [0.2, 0.25) is 0 Å². The zero-order valence-electron chi connectivity index (χ0n) is 24.0. The fourth-order valence-corrected chi connectivity index (χ4v) is 8.86. The van der Waals surface area contributed by atoms with Crippen LogP contribution in [-0.2, 0) is 14.3 Å². The number of fused-ring (bicyclic) bond motifs is 5. The van der Waals surface area contributed by atoms with Crippen LogP contribution in [0.2, 0.25) is 0 Å². The molecule has 3 saturated carbocycles. The molecule has 0 bridgehead atoms. The van der Waals surface area contributed by atoms with E-state index in [4.69, 9.17) is 4.74 Å². The van der Waals surface area contributed by atoms with E-state index < -0.39 is 28.6 Å². The molecule has 212 valence electrons. The van der Waals surface area contributed by atoms with Gasteiger partial charge in [-0.05, 0) is 55.1 Å². The number of ketones is 1. The summed E-state index contributed by atoms with van der Waals surface area (Å²) in [5.74, 6) is -0.359. The molecule has 1 unspecified atom stereocenters. The molecule has 3 fully saturated rings. The summed E-state index contributed by atoms with van der Waals surface area (Å²) in [6.45, 7) is 9.86. The van der Waals surface area contributed by atoms with Crippen molar-refractivity contribution in [3.8, 4) is 0 Å². The lowest BCUT2D eigenvalue weighted by Crippen LogP contribution is -2.61. The number of rotatable bonds is 10. The van der Waals surface area contributed by atoms with Crippen molar-refractivity contribution < 1.29 is 29.6 Å². The summed E-state index contributed by atoms with van der Waals surface area (Å²) in [4.78, 5) is 26.1. The van der Waals surface area contributed by atoms with Gasteiger partial charge in [0.25, 0.3) is 0 Å². The minimum Gasteiger partial charge on any atom is -0.458 e. The van der Waals surface area contributed by atoms with Crippen LogP contribution in [0, 0.1) is 40.9 Å². The standard InChI is InChI=1S/C32H48O6/c1-19-13-23(19)11-9-7-6-8-10-12-26(34)38-31-16-21(3)32(37)24(27(31)29(31,4)5)15-22(18-33)17-30(36)25(32)14-20(2)28(30)35/h14-15,19,21,23-25,27,33,36-37H,6-13,16-18H2,1-5H3/t19-,21+,23-,24-,25?,27+,30+,31-,32+/m0/s1. The van der Waals surface area contributed by atoms with Crippen LogP contribution < -0.4 is 0 Å². The lowest BCUT2D eigenvalue weighted by Gasteiger charge is -2.50. The third-order valence-corrected chi connectivity index (χ3v) is 11.4. The smallest absolute Gasteiger partial charge is 0.306 e. The molecule has 0 radical (unpaired) electrons. The highest BCUT2D eigenvalue weighted by Crippen LogP contribution is 2.76. The summed E-state index contributed by atoms with van der Waals surface area (Å²) >= 11 is 0. The van der Waals surface area contributed by atoms with Gasteiger partial charge >= 0.3 is 5.97 Å². The van der Waals surface area contributed by atoms with E-state index in [-0.39, 0.29) is 42.0 Å². The van der Waals surface area contributed by atoms with Crippen molar-refractivity contribution in [3.63, 3.8) is 0 Å². The zero-order valence-corrected chi connectivity index (χ0v) is 24.0. The molecule has 5 rings (SSSR count). The third kappa shape index (κ3) is 4.16. The molecule has 0 amide bonds. The Bertz CT molecular complexity index is 1040. The molecule has 6 heteroatoms. The molecule has 5 aliphatic rings. The summed E-state index contributed by atoms with van der Waals surface area (Å²) in [5.41, 5.74) is -3.19. The molecule has 3 N–H and O–H groups in total. The van der Waals surface area contributed by atoms with Crippen molar-refractivity contribution in [1.82, 2.24) is 0 Å². The monoisotopic (exact) mass is 528 g/mol. The number of aliphatic hydroxyl groups excluding tert-OH is 1. The Hall–Kier alpha value is -1.50. The maximum absolute atomic E-state index is 13.1. The van der Waals surface area contributed by atoms with E-state index >= 15 is 0 Å². The van der Waals surface area contributed by atoms with Crippen LogP contribution in [-0.4, -0.2) is 50.5 Å². The van der Waals surface area contributed by atoms with Gasteiger partial charge in [0.1, 0.15) is 11.2 Å². The van der Waals surface area contributed by atoms with Crippen LogP contribution in [0.1, 0.15) is 98.8 Å². The number of esters is 1. The van der Waals surface area contributed by atoms with E-state index in [2.05, 4.69) is 20.8 Å². The normalized spacial score (nSPS) is 44.3. The molecule has 0 saturated heterocycles. The quantitative estimate of drug-likeness (QED) is 0.212. The first-order valence-corrected chi connectivity index (χ1v) is 15.0. The van der Waals surface area contributed by atoms with Crippen LogP contribution >= 0.6 is 0 Å². The number of ether oxygens (including phenoxy) is 1. The van der Waals surface area contributed by atoms with E-state index in [1.807, 2.05) is 13.0 Å². The number of Topliss-reactive ketones (excluding diaryl/α,β-unsaturated/α-hetero) is 1. The summed E-state index contributed by atoms with van der Waals surface area (Å²) in [7, 11) is 0. The van der Waals surface area contributed by atoms with Crippen LogP contribution in [0.4, 0.5) is 0 Å². The lowest BCUT2D eigenvalue weighted by atomic mass is 9.60. The molecule has 9 atom stereocenters. The Kier molecular flexibility index (Phi) is 7.05. The highest BCUT2D eigenvalue weighted by molar-refractivity contribution is 6.04. The van der Waals surface area contributed by atoms with Gasteiger partial charge in [-0.15, -0.1) is 0 Å². The number of hydrogen-bond donors (Lipinski definition) is 3. The van der Waals surface area contributed by atoms with Gasteiger partial charge in [0.15, 0.2) is 5.78 Å². The summed E-state index contributed by atoms with van der Waals surface area (Å²) in [6, 6.07) is 0. The first-order chi connectivity index (χ1) is 17.8. The molecule has 0 spiro atoms. The Morgan fingerprint density at radius 3 is 2.39 bits per heavy atom. The topological polar surface area (TPSA) is 104 Å². The second kappa shape index (κ2) is 9.55. The van der Waals surface area contributed by atoms with E-state index in [1.54, 1.807) is 13.0 Å². The summed E-state index contributed by atoms with van der Waals surface area (Å²) in [5, 5.41) is 34.1. The highest BCUT2D eigenvalue weighted by atomic mass is 16.6. The van der Waals surface area contributed by atoms with E-state index in [0.717, 1.165) is 31.1 Å². The number of hydrogen-bond acceptors (Lipinski definition) is 6. The van der Waals surface area contributed by atoms with Crippen LogP contribution in [0.25, 0.3) is 0 Å². The molecular weight excluding hydrogens is 480 g/mol. The average molecular weight is 529 g/mol. The maximum Gasteiger partial charge on any atom is 0.306 e. The molecular formula is C32H48O6. The summed E-state index contributed by atoms with van der Waals surface area (Å²) in [6.07, 6.45) is 12.8. The van der Waals surface area contributed by atoms with E-state index in [1.165, 1.54) is 25.7 Å². The fraction of sp³-hybridized carbons (Fsp3) is 0.812. The number of carbonyl (C=O) groups excluding carboxylic acids is 2. The van der Waals surface area contributed by atoms with Gasteiger partial charge in [-0.3, -0.25) is 9.59 Å². The predicted octanol–water partition coefficient (Wildman–Crippen LogP) is 4.90. The first-order valence-electron chi connectivity index (χ1n) is 15.0. The second-order valence-electron chi connectivity index (χ2n) is 14.1. The fourth-order valence-electron chi connectivity index (χ4n) is 8.86. The Morgan fingerprint density at radius 2 is 1.74 bits per heavy atom. The maximum atomic E-state index is 13.1. The summed E-state index contributed by atoms with van der Waals surface area (Å²) < 4.78 is 6.31. The van der Waals surface area contributed by atoms with Gasteiger partial charge in [0.05, 0.1) is 12.2 Å². The SMILES string of the molecule is CC1=CC2[C@@]3(O)[C@H](C)C[C@]4(OC(=O)CCCCCCC[C@H]5C[C@@H]5C)[C@H]([C@@H]3C=C(CO)C[C@]2(O)C1=O)C4(C)C. The highest BCUT2D eigenvalue weighted by Gasteiger charge is 2.83. The number of unbranched alkanes of at least 4 members (excludes halogenated alkanes) is 4. The number of carbonyl (C=O) groups is 2. The minimum absolute atomic E-state index is 0.00594. The largest absolute Gasteiger partial charge is 0.458 e. The van der Waals surface area contributed by atoms with Crippen LogP contribution in [0.3, 0.4) is 0 Å². The van der Waals surface area contributed by atoms with Crippen molar-refractivity contribution in [3.05, 3.63) is 23.3 Å². The van der Waals surface area contributed by atoms with Crippen molar-refractivity contribution >= 4 is 11.8 Å². The van der Waals surface area contributed by atoms with E-state index in [9.17, 15) is 24.9 Å². The lowest BCUT2D eigenvalue weighted by molar-refractivity contribution is -0.187. The van der Waals surface area contributed by atoms with Gasteiger partial charge < -0.3 is 20.1 Å². The minimum atomic E-state index is -1.76. The first kappa shape index (κ1) is 28.0. The number of aliphatic hydroxyl groups is 3. The Labute approximate surface area is 227 Å². The molecule has 6 nitrogen and oxygen atoms in total. The molecule has 0 aromatic rings. The van der Waals surface area contributed by atoms with E-state index in [0.29, 0.717) is 24.0 Å². The molecule has 5 aliphatic carbocycles. The molecule has 0 aliphatic heterocycles. The second-order valence-corrected chi connectivity index (χ2v) is 14.1. The van der Waals surface area contributed by atoms with Crippen molar-refractivity contribution in [2.75, 3.05) is 6.61 Å². The Morgan fingerprint density at radius 1 is 1.08 bits per heavy atom. The van der Waals surface area contributed by atoms with Crippen LogP contribution in [0.5, 0.6) is 0 Å². The Balaban J connectivity index is 1.27. The zero-order chi connectivity index (χ0) is 27.7. The van der Waals surface area contributed by atoms with Crippen molar-refractivity contribution in [2.24, 2.45) is 40.9 Å². The molecule has 38 heavy (non-hydrogen) atoms. The molecule has 0 aromatic carbocycles. The van der Waals surface area contributed by atoms with Gasteiger partial charge in [-0.2, -0.15) is 0 Å². The van der Waals surface area contributed by atoms with Crippen LogP contribution in [0.15, 0.2) is 23.3 Å².